The van der Waals surface area contributed by atoms with Gasteiger partial charge in [-0.05, 0) is 44.7 Å². The first-order valence-electron chi connectivity index (χ1n) is 8.41. The van der Waals surface area contributed by atoms with Gasteiger partial charge in [-0.3, -0.25) is 4.90 Å². The second-order valence-electron chi connectivity index (χ2n) is 6.94. The number of likely N-dealkylation sites (N-methyl/N-ethyl adjacent to an activating group) is 2. The number of nitrogens with two attached hydrogens (primary N) is 3. The Labute approximate surface area is 141 Å². The molecule has 0 radical (unpaired) electrons. The van der Waals surface area contributed by atoms with Crippen molar-refractivity contribution in [3.63, 3.8) is 0 Å². The van der Waals surface area contributed by atoms with E-state index in [9.17, 15) is 0 Å². The lowest BCUT2D eigenvalue weighted by molar-refractivity contribution is 0.106. The molecule has 0 saturated carbocycles. The Morgan fingerprint density at radius 3 is 2.39 bits per heavy atom. The highest BCUT2D eigenvalue weighted by molar-refractivity contribution is 5.33. The minimum Gasteiger partial charge on any atom is -0.399 e. The summed E-state index contributed by atoms with van der Waals surface area (Å²) in [5.41, 5.74) is 21.0. The zero-order valence-corrected chi connectivity index (χ0v) is 15.3. The predicted octanol–water partition coefficient (Wildman–Crippen LogP) is 1.58. The van der Waals surface area contributed by atoms with Gasteiger partial charge in [0.15, 0.2) is 0 Å². The van der Waals surface area contributed by atoms with E-state index in [1.54, 1.807) is 0 Å². The van der Waals surface area contributed by atoms with Crippen LogP contribution in [0.5, 0.6) is 0 Å². The van der Waals surface area contributed by atoms with Crippen molar-refractivity contribution < 1.29 is 0 Å². The highest BCUT2D eigenvalue weighted by atomic mass is 15.3. The van der Waals surface area contributed by atoms with E-state index in [1.165, 1.54) is 5.70 Å². The molecule has 0 bridgehead atoms. The van der Waals surface area contributed by atoms with E-state index < -0.39 is 6.17 Å². The van der Waals surface area contributed by atoms with Gasteiger partial charge in [0.05, 0.1) is 18.2 Å². The summed E-state index contributed by atoms with van der Waals surface area (Å²) in [6.45, 7) is 13.1. The first kappa shape index (κ1) is 19.7. The van der Waals surface area contributed by atoms with Crippen LogP contribution in [0.3, 0.4) is 0 Å². The fourth-order valence-electron chi connectivity index (χ4n) is 3.32. The van der Waals surface area contributed by atoms with Crippen LogP contribution in [-0.2, 0) is 0 Å². The molecule has 1 fully saturated rings. The van der Waals surface area contributed by atoms with Crippen LogP contribution in [0, 0.1) is 5.92 Å². The van der Waals surface area contributed by atoms with Crippen LogP contribution in [0.2, 0.25) is 0 Å². The van der Waals surface area contributed by atoms with E-state index in [0.29, 0.717) is 17.7 Å². The van der Waals surface area contributed by atoms with Crippen molar-refractivity contribution in [2.75, 3.05) is 20.6 Å². The largest absolute Gasteiger partial charge is 0.399 e. The first-order valence-corrected chi connectivity index (χ1v) is 8.41. The molecule has 1 rings (SSSR count). The molecule has 5 heteroatoms. The van der Waals surface area contributed by atoms with Gasteiger partial charge in [0.25, 0.3) is 0 Å². The van der Waals surface area contributed by atoms with Crippen LogP contribution in [0.1, 0.15) is 33.1 Å². The van der Waals surface area contributed by atoms with Crippen LogP contribution in [0.4, 0.5) is 0 Å². The van der Waals surface area contributed by atoms with Gasteiger partial charge in [0.2, 0.25) is 0 Å². The molecule has 0 aromatic rings. The van der Waals surface area contributed by atoms with Gasteiger partial charge in [-0.2, -0.15) is 0 Å². The second-order valence-corrected chi connectivity index (χ2v) is 6.94. The number of nitrogens with zero attached hydrogens (tertiary/aromatic N) is 2. The molecule has 1 aliphatic heterocycles. The molecule has 0 amide bonds. The molecule has 1 heterocycles. The standard InChI is InChI=1S/C18H35N5/c1-7-8-12(2)11-16(18(20)21)23(6)17(13(3)14(4)19)15-9-10-22(15)5/h7,12,15-16,18H,1,4,8-11,19-21H2,2-3,5-6H3/b17-13+. The molecule has 1 aliphatic rings. The molecule has 0 aliphatic carbocycles. The zero-order chi connectivity index (χ0) is 17.7. The predicted molar refractivity (Wildman–Crippen MR) is 99.4 cm³/mol. The van der Waals surface area contributed by atoms with Gasteiger partial charge in [-0.15, -0.1) is 6.58 Å². The molecular weight excluding hydrogens is 286 g/mol. The Hall–Kier alpha value is -1.30. The van der Waals surface area contributed by atoms with E-state index in [-0.39, 0.29) is 6.04 Å². The van der Waals surface area contributed by atoms with Gasteiger partial charge in [-0.25, -0.2) is 0 Å². The molecule has 0 aromatic carbocycles. The molecule has 0 aromatic heterocycles. The normalized spacial score (nSPS) is 22.1. The molecule has 132 valence electrons. The first-order chi connectivity index (χ1) is 10.7. The van der Waals surface area contributed by atoms with Crippen LogP contribution in [0.15, 0.2) is 36.2 Å². The molecule has 3 atom stereocenters. The maximum absolute atomic E-state index is 6.11. The fraction of sp³-hybridized carbons (Fsp3) is 0.667. The Morgan fingerprint density at radius 1 is 1.43 bits per heavy atom. The third-order valence-electron chi connectivity index (χ3n) is 5.00. The van der Waals surface area contributed by atoms with E-state index in [2.05, 4.69) is 44.0 Å². The third-order valence-corrected chi connectivity index (χ3v) is 5.00. The van der Waals surface area contributed by atoms with Crippen molar-refractivity contribution in [3.05, 3.63) is 36.2 Å². The maximum Gasteiger partial charge on any atom is 0.0731 e. The Bertz CT molecular complexity index is 454. The molecule has 3 unspecified atom stereocenters. The smallest absolute Gasteiger partial charge is 0.0731 e. The quantitative estimate of drug-likeness (QED) is 0.341. The maximum atomic E-state index is 6.11. The number of allylic oxidation sites excluding steroid dienone is 2. The van der Waals surface area contributed by atoms with Crippen molar-refractivity contribution in [2.45, 2.75) is 51.4 Å². The number of hydrogen-bond acceptors (Lipinski definition) is 5. The lowest BCUT2D eigenvalue weighted by Gasteiger charge is -2.47. The number of rotatable bonds is 9. The average molecular weight is 322 g/mol. The summed E-state index contributed by atoms with van der Waals surface area (Å²) in [6.07, 6.45) is 4.54. The summed E-state index contributed by atoms with van der Waals surface area (Å²) in [6, 6.07) is 0.416. The topological polar surface area (TPSA) is 84.5 Å². The molecule has 1 saturated heterocycles. The van der Waals surface area contributed by atoms with Crippen molar-refractivity contribution in [2.24, 2.45) is 23.1 Å². The number of likely N-dealkylation sites (tertiary alicyclic amines) is 1. The Morgan fingerprint density at radius 2 is 2.04 bits per heavy atom. The van der Waals surface area contributed by atoms with Gasteiger partial charge in [0.1, 0.15) is 0 Å². The van der Waals surface area contributed by atoms with Crippen LogP contribution in [0.25, 0.3) is 0 Å². The monoisotopic (exact) mass is 321 g/mol. The van der Waals surface area contributed by atoms with E-state index in [0.717, 1.165) is 31.4 Å². The minimum atomic E-state index is -0.411. The van der Waals surface area contributed by atoms with Crippen LogP contribution >= 0.6 is 0 Å². The molecule has 0 spiro atoms. The van der Waals surface area contributed by atoms with Gasteiger partial charge < -0.3 is 22.1 Å². The zero-order valence-electron chi connectivity index (χ0n) is 15.3. The summed E-state index contributed by atoms with van der Waals surface area (Å²) in [7, 11) is 4.21. The van der Waals surface area contributed by atoms with Crippen LogP contribution < -0.4 is 17.2 Å². The highest BCUT2D eigenvalue weighted by Crippen LogP contribution is 2.31. The summed E-state index contributed by atoms with van der Waals surface area (Å²) >= 11 is 0. The lowest BCUT2D eigenvalue weighted by Crippen LogP contribution is -2.56. The summed E-state index contributed by atoms with van der Waals surface area (Å²) < 4.78 is 0. The molecule has 6 N–H and O–H groups in total. The fourth-order valence-corrected chi connectivity index (χ4v) is 3.32. The van der Waals surface area contributed by atoms with Crippen molar-refractivity contribution in [1.29, 1.82) is 0 Å². The van der Waals surface area contributed by atoms with E-state index in [4.69, 9.17) is 17.2 Å². The van der Waals surface area contributed by atoms with E-state index >= 15 is 0 Å². The van der Waals surface area contributed by atoms with Gasteiger partial charge in [0, 0.05) is 25.0 Å². The highest BCUT2D eigenvalue weighted by Gasteiger charge is 2.35. The van der Waals surface area contributed by atoms with Gasteiger partial charge in [-0.1, -0.05) is 19.6 Å². The third kappa shape index (κ3) is 4.83. The molecule has 23 heavy (non-hydrogen) atoms. The van der Waals surface area contributed by atoms with E-state index in [1.807, 2.05) is 13.0 Å². The van der Waals surface area contributed by atoms with Crippen LogP contribution in [-0.4, -0.2) is 48.7 Å². The Kier molecular flexibility index (Phi) is 7.32. The molecular formula is C18H35N5. The summed E-state index contributed by atoms with van der Waals surface area (Å²) in [4.78, 5) is 4.56. The van der Waals surface area contributed by atoms with Crippen molar-refractivity contribution in [1.82, 2.24) is 9.80 Å². The SMILES string of the molecule is C=CCC(C)CC(C(N)N)N(C)/C(=C(\C)C(=C)N)C1CCN1C. The second kappa shape index (κ2) is 8.52. The lowest BCUT2D eigenvalue weighted by atomic mass is 9.91. The van der Waals surface area contributed by atoms with Gasteiger partial charge >= 0.3 is 0 Å². The number of hydrogen-bond donors (Lipinski definition) is 3. The summed E-state index contributed by atoms with van der Waals surface area (Å²) in [5, 5.41) is 0. The van der Waals surface area contributed by atoms with Crippen molar-refractivity contribution >= 4 is 0 Å². The minimum absolute atomic E-state index is 0.0586. The average Bonchev–Trinajstić information content (AvgIpc) is 2.47. The Balaban J connectivity index is 3.09. The van der Waals surface area contributed by atoms with Crippen molar-refractivity contribution in [3.8, 4) is 0 Å². The summed E-state index contributed by atoms with van der Waals surface area (Å²) in [5.74, 6) is 0.483. The molecule has 5 nitrogen and oxygen atoms in total.